The third-order valence-electron chi connectivity index (χ3n) is 3.25. The van der Waals surface area contributed by atoms with Crippen LogP contribution in [0.5, 0.6) is 0 Å². The van der Waals surface area contributed by atoms with Crippen molar-refractivity contribution in [1.29, 1.82) is 0 Å². The molecule has 1 rings (SSSR count). The van der Waals surface area contributed by atoms with Gasteiger partial charge in [-0.3, -0.25) is 14.5 Å². The number of halogens is 2. The van der Waals surface area contributed by atoms with Crippen LogP contribution in [-0.4, -0.2) is 35.8 Å². The molecule has 5 N–H and O–H groups in total. The Morgan fingerprint density at radius 3 is 2.35 bits per heavy atom. The molecule has 0 radical (unpaired) electrons. The molecular weight excluding hydrogens is 339 g/mol. The van der Waals surface area contributed by atoms with Crippen LogP contribution in [0, 0.1) is 0 Å². The normalized spacial score (nSPS) is 11.1. The van der Waals surface area contributed by atoms with Crippen LogP contribution in [-0.2, 0) is 16.1 Å². The summed E-state index contributed by atoms with van der Waals surface area (Å²) in [5, 5.41) is 2.71. The summed E-state index contributed by atoms with van der Waals surface area (Å²) < 4.78 is 0. The third-order valence-corrected chi connectivity index (χ3v) is 3.25. The second-order valence-electron chi connectivity index (χ2n) is 4.93. The number of anilines is 1. The molecule has 6 nitrogen and oxygen atoms in total. The van der Waals surface area contributed by atoms with E-state index in [1.165, 1.54) is 0 Å². The maximum absolute atomic E-state index is 11.8. The van der Waals surface area contributed by atoms with Gasteiger partial charge in [-0.05, 0) is 30.8 Å². The van der Waals surface area contributed by atoms with E-state index in [0.29, 0.717) is 5.69 Å². The summed E-state index contributed by atoms with van der Waals surface area (Å²) in [7, 11) is 0. The fraction of sp³-hybridized carbons (Fsp3) is 0.467. The number of carbonyl (C=O) groups is 2. The molecule has 23 heavy (non-hydrogen) atoms. The summed E-state index contributed by atoms with van der Waals surface area (Å²) in [5.41, 5.74) is 12.4. The van der Waals surface area contributed by atoms with Crippen LogP contribution in [0.25, 0.3) is 0 Å². The van der Waals surface area contributed by atoms with Gasteiger partial charge in [0.25, 0.3) is 0 Å². The minimum Gasteiger partial charge on any atom is -0.370 e. The predicted octanol–water partition coefficient (Wildman–Crippen LogP) is 1.51. The zero-order valence-corrected chi connectivity index (χ0v) is 15.1. The van der Waals surface area contributed by atoms with Crippen molar-refractivity contribution in [3.63, 3.8) is 0 Å². The Morgan fingerprint density at radius 2 is 1.83 bits per heavy atom. The second kappa shape index (κ2) is 12.1. The summed E-state index contributed by atoms with van der Waals surface area (Å²) in [6, 6.07) is 6.67. The number of primary amides is 1. The number of benzene rings is 1. The number of nitrogens with one attached hydrogen (secondary N) is 1. The van der Waals surface area contributed by atoms with Gasteiger partial charge in [0.2, 0.25) is 11.8 Å². The second-order valence-corrected chi connectivity index (χ2v) is 4.93. The van der Waals surface area contributed by atoms with Crippen LogP contribution >= 0.6 is 24.8 Å². The molecule has 1 unspecified atom stereocenters. The minimum absolute atomic E-state index is 0. The molecule has 1 atom stereocenters. The molecule has 0 saturated heterocycles. The van der Waals surface area contributed by atoms with Crippen molar-refractivity contribution in [3.8, 4) is 0 Å². The summed E-state index contributed by atoms with van der Waals surface area (Å²) in [6.45, 7) is 6.98. The van der Waals surface area contributed by atoms with Gasteiger partial charge in [0.1, 0.15) is 0 Å². The topological polar surface area (TPSA) is 101 Å². The standard InChI is InChI=1S/C15H24N4O2.2ClH/c1-3-19(4-2)10-11-6-5-7-12(8-11)18-15(21)13(16)9-14(17)20;;/h5-8,13H,3-4,9-10,16H2,1-2H3,(H2,17,20)(H,18,21);2*1H. The molecule has 132 valence electrons. The molecule has 0 aliphatic heterocycles. The highest BCUT2D eigenvalue weighted by Gasteiger charge is 2.16. The molecule has 1 aromatic carbocycles. The first-order valence-corrected chi connectivity index (χ1v) is 7.12. The minimum atomic E-state index is -0.922. The molecule has 0 aliphatic rings. The van der Waals surface area contributed by atoms with E-state index in [-0.39, 0.29) is 31.2 Å². The van der Waals surface area contributed by atoms with E-state index in [0.717, 1.165) is 25.2 Å². The molecule has 0 aliphatic carbocycles. The predicted molar refractivity (Wildman–Crippen MR) is 98.0 cm³/mol. The largest absolute Gasteiger partial charge is 0.370 e. The van der Waals surface area contributed by atoms with Crippen molar-refractivity contribution in [2.75, 3.05) is 18.4 Å². The van der Waals surface area contributed by atoms with Gasteiger partial charge in [-0.1, -0.05) is 26.0 Å². The van der Waals surface area contributed by atoms with E-state index >= 15 is 0 Å². The summed E-state index contributed by atoms with van der Waals surface area (Å²) >= 11 is 0. The van der Waals surface area contributed by atoms with E-state index in [1.54, 1.807) is 6.07 Å². The number of hydrogen-bond donors (Lipinski definition) is 3. The zero-order valence-electron chi connectivity index (χ0n) is 13.5. The van der Waals surface area contributed by atoms with Crippen LogP contribution in [0.1, 0.15) is 25.8 Å². The molecule has 0 fully saturated rings. The first kappa shape index (κ1) is 23.9. The van der Waals surface area contributed by atoms with Crippen LogP contribution in [0.4, 0.5) is 5.69 Å². The average Bonchev–Trinajstić information content (AvgIpc) is 2.44. The Morgan fingerprint density at radius 1 is 1.22 bits per heavy atom. The van der Waals surface area contributed by atoms with Crippen molar-refractivity contribution in [2.45, 2.75) is 32.9 Å². The fourth-order valence-electron chi connectivity index (χ4n) is 2.00. The maximum Gasteiger partial charge on any atom is 0.241 e. The lowest BCUT2D eigenvalue weighted by atomic mass is 10.1. The van der Waals surface area contributed by atoms with Crippen molar-refractivity contribution >= 4 is 42.3 Å². The Balaban J connectivity index is 0. The van der Waals surface area contributed by atoms with E-state index in [2.05, 4.69) is 24.1 Å². The van der Waals surface area contributed by atoms with E-state index in [4.69, 9.17) is 11.5 Å². The zero-order chi connectivity index (χ0) is 15.8. The van der Waals surface area contributed by atoms with Gasteiger partial charge in [-0.15, -0.1) is 24.8 Å². The van der Waals surface area contributed by atoms with Crippen LogP contribution in [0.15, 0.2) is 24.3 Å². The molecular formula is C15H26Cl2N4O2. The van der Waals surface area contributed by atoms with Crippen LogP contribution in [0.3, 0.4) is 0 Å². The summed E-state index contributed by atoms with van der Waals surface area (Å²) in [5.74, 6) is -0.998. The van der Waals surface area contributed by atoms with E-state index in [9.17, 15) is 9.59 Å². The van der Waals surface area contributed by atoms with Crippen LogP contribution < -0.4 is 16.8 Å². The van der Waals surface area contributed by atoms with Gasteiger partial charge >= 0.3 is 0 Å². The highest BCUT2D eigenvalue weighted by Crippen LogP contribution is 2.13. The lowest BCUT2D eigenvalue weighted by Gasteiger charge is -2.18. The van der Waals surface area contributed by atoms with Crippen molar-refractivity contribution < 1.29 is 9.59 Å². The van der Waals surface area contributed by atoms with E-state index < -0.39 is 17.9 Å². The van der Waals surface area contributed by atoms with Gasteiger partial charge < -0.3 is 16.8 Å². The molecule has 8 heteroatoms. The Bertz CT molecular complexity index is 496. The smallest absolute Gasteiger partial charge is 0.241 e. The van der Waals surface area contributed by atoms with Crippen molar-refractivity contribution in [1.82, 2.24) is 4.90 Å². The Hall–Kier alpha value is -1.34. The van der Waals surface area contributed by atoms with E-state index in [1.807, 2.05) is 18.2 Å². The first-order valence-electron chi connectivity index (χ1n) is 7.12. The Labute approximate surface area is 149 Å². The SMILES string of the molecule is CCN(CC)Cc1cccc(NC(=O)C(N)CC(N)=O)c1.Cl.Cl. The van der Waals surface area contributed by atoms with Crippen molar-refractivity contribution in [3.05, 3.63) is 29.8 Å². The van der Waals surface area contributed by atoms with Gasteiger partial charge in [0, 0.05) is 12.2 Å². The summed E-state index contributed by atoms with van der Waals surface area (Å²) in [4.78, 5) is 24.9. The number of rotatable bonds is 8. The summed E-state index contributed by atoms with van der Waals surface area (Å²) in [6.07, 6.45) is -0.162. The first-order chi connectivity index (χ1) is 9.96. The van der Waals surface area contributed by atoms with Gasteiger partial charge in [-0.2, -0.15) is 0 Å². The molecule has 2 amide bonds. The highest BCUT2D eigenvalue weighted by molar-refractivity contribution is 5.97. The molecule has 1 aromatic rings. The molecule has 0 spiro atoms. The molecule has 0 aromatic heterocycles. The van der Waals surface area contributed by atoms with Gasteiger partial charge in [-0.25, -0.2) is 0 Å². The molecule has 0 bridgehead atoms. The lowest BCUT2D eigenvalue weighted by Crippen LogP contribution is -2.39. The maximum atomic E-state index is 11.8. The number of amides is 2. The average molecular weight is 365 g/mol. The van der Waals surface area contributed by atoms with Gasteiger partial charge in [0.15, 0.2) is 0 Å². The quantitative estimate of drug-likeness (QED) is 0.650. The van der Waals surface area contributed by atoms with Crippen molar-refractivity contribution in [2.24, 2.45) is 11.5 Å². The lowest BCUT2D eigenvalue weighted by molar-refractivity contribution is -0.123. The van der Waals surface area contributed by atoms with Gasteiger partial charge in [0.05, 0.1) is 12.5 Å². The monoisotopic (exact) mass is 364 g/mol. The van der Waals surface area contributed by atoms with Crippen LogP contribution in [0.2, 0.25) is 0 Å². The number of carbonyl (C=O) groups excluding carboxylic acids is 2. The highest BCUT2D eigenvalue weighted by atomic mass is 35.5. The Kier molecular flexibility index (Phi) is 12.6. The molecule has 0 saturated carbocycles. The fourth-order valence-corrected chi connectivity index (χ4v) is 2.00. The number of nitrogens with two attached hydrogens (primary N) is 2. The number of nitrogens with zero attached hydrogens (tertiary/aromatic N) is 1. The third kappa shape index (κ3) is 8.76. The number of hydrogen-bond acceptors (Lipinski definition) is 4. The molecule has 0 heterocycles.